The number of amides is 15. The Morgan fingerprint density at radius 1 is 0.410 bits per heavy atom. The van der Waals surface area contributed by atoms with Gasteiger partial charge in [0.1, 0.15) is 84.3 Å². The van der Waals surface area contributed by atoms with Gasteiger partial charge < -0.3 is 128 Å². The summed E-state index contributed by atoms with van der Waals surface area (Å²) in [7, 11) is 0. The van der Waals surface area contributed by atoms with E-state index in [1.54, 1.807) is 6.92 Å². The number of aliphatic carboxylic acids is 3. The fraction of sp³-hybridized carbons (Fsp3) is 0.619. The summed E-state index contributed by atoms with van der Waals surface area (Å²) in [6.45, 7) is 6.20. The van der Waals surface area contributed by atoms with Gasteiger partial charge in [-0.3, -0.25) is 81.5 Å². The SMILES string of the molecule is CCC(C)[C@H](NC(=O)[C@H](CCC(=O)O)NC(=O)[C@H](CCC(N)=O)NC(=O)[C@@H](NC(=O)[C@H](CCC(=O)O)NC(=O)[C@H](C)NC(=O)[C@H](CCC(N)=O)NC(=O)[C@H](CC(N)=O)NC(=O)[C@H](Cc1ccc(O)cc1)NC(=O)[C@H](CO)NC(=O)[C@@H](N)[C@@H](C)O)C(C)C)C(=O)N[C@@H](CO)C(=O)N[C@@H](CCCCN)C(=O)O. The Morgan fingerprint density at radius 2 is 0.771 bits per heavy atom. The standard InChI is InChI=1S/C63H101N17O25/c1-7-29(4)50(62(103)78-42(27-82)58(99)74-38(63(104)105)10-8-9-23-64)80-55(96)37(18-22-47(90)91)71-53(94)35(16-20-44(66)86)73-61(102)49(28(2)3)79-54(95)36(17-21-46(88)89)70-51(92)30(5)69-52(93)34(15-19-43(65)85)72-57(98)40(25-45(67)87)76-56(97)39(24-32-11-13-33(84)14-12-32)75-59(100)41(26-81)77-60(101)48(68)31(6)83/h11-14,28-31,34-42,48-50,81-84H,7-10,15-27,64,68H2,1-6H3,(H2,65,85)(H2,66,86)(H2,67,87)(H,69,93)(H,70,92)(H,71,94)(H,72,98)(H,73,102)(H,74,99)(H,75,100)(H,76,97)(H,77,101)(H,78,103)(H,79,95)(H,80,96)(H,88,89)(H,90,91)(H,104,105)/t29?,30-,31+,34-,35-,36-,37-,38-,39-,40-,41-,42-,48-,49-,50-/m0/s1. The quantitative estimate of drug-likeness (QED) is 0.0269. The van der Waals surface area contributed by atoms with Crippen LogP contribution < -0.4 is 92.5 Å². The van der Waals surface area contributed by atoms with Gasteiger partial charge in [-0.25, -0.2) is 4.79 Å². The summed E-state index contributed by atoms with van der Waals surface area (Å²) >= 11 is 0. The van der Waals surface area contributed by atoms with Gasteiger partial charge in [0.2, 0.25) is 88.6 Å². The maximum absolute atomic E-state index is 14.2. The van der Waals surface area contributed by atoms with E-state index in [4.69, 9.17) is 28.7 Å². The van der Waals surface area contributed by atoms with E-state index in [2.05, 4.69) is 63.8 Å². The highest BCUT2D eigenvalue weighted by molar-refractivity contribution is 6.01. The summed E-state index contributed by atoms with van der Waals surface area (Å²) in [4.78, 5) is 238. The summed E-state index contributed by atoms with van der Waals surface area (Å²) < 4.78 is 0. The van der Waals surface area contributed by atoms with E-state index < -0.39 is 280 Å². The molecule has 1 aromatic carbocycles. The number of carboxylic acids is 3. The van der Waals surface area contributed by atoms with Crippen LogP contribution >= 0.6 is 0 Å². The number of nitrogens with two attached hydrogens (primary N) is 5. The van der Waals surface area contributed by atoms with Gasteiger partial charge >= 0.3 is 17.9 Å². The molecule has 0 heterocycles. The molecule has 0 spiro atoms. The first-order chi connectivity index (χ1) is 49.1. The molecule has 29 N–H and O–H groups in total. The molecule has 1 aromatic rings. The molecule has 42 heteroatoms. The van der Waals surface area contributed by atoms with Crippen molar-refractivity contribution in [2.75, 3.05) is 19.8 Å². The van der Waals surface area contributed by atoms with Crippen LogP contribution in [0, 0.1) is 11.8 Å². The summed E-state index contributed by atoms with van der Waals surface area (Å²) in [5, 5.41) is 95.8. The van der Waals surface area contributed by atoms with E-state index >= 15 is 0 Å². The molecule has 105 heavy (non-hydrogen) atoms. The van der Waals surface area contributed by atoms with Crippen LogP contribution in [0.25, 0.3) is 0 Å². The van der Waals surface area contributed by atoms with E-state index in [1.807, 2.05) is 0 Å². The molecule has 0 aromatic heterocycles. The highest BCUT2D eigenvalue weighted by Crippen LogP contribution is 2.16. The predicted octanol–water partition coefficient (Wildman–Crippen LogP) is -9.48. The minimum absolute atomic E-state index is 0.0522. The second-order valence-electron chi connectivity index (χ2n) is 25.1. The number of hydrogen-bond donors (Lipinski definition) is 24. The Kier molecular flexibility index (Phi) is 41.1. The molecular formula is C63H101N17O25. The molecule has 0 aliphatic carbocycles. The molecule has 0 bridgehead atoms. The molecule has 1 rings (SSSR count). The van der Waals surface area contributed by atoms with Crippen molar-refractivity contribution >= 4 is 107 Å². The van der Waals surface area contributed by atoms with Crippen molar-refractivity contribution in [2.24, 2.45) is 40.5 Å². The smallest absolute Gasteiger partial charge is 0.326 e. The highest BCUT2D eigenvalue weighted by Gasteiger charge is 2.39. The van der Waals surface area contributed by atoms with E-state index in [-0.39, 0.29) is 30.7 Å². The van der Waals surface area contributed by atoms with Gasteiger partial charge in [-0.05, 0) is 94.9 Å². The van der Waals surface area contributed by atoms with Crippen molar-refractivity contribution in [2.45, 2.75) is 216 Å². The topological polar surface area (TPSA) is 723 Å². The number of aliphatic hydroxyl groups excluding tert-OH is 3. The number of rotatable bonds is 51. The first-order valence-electron chi connectivity index (χ1n) is 33.4. The van der Waals surface area contributed by atoms with Gasteiger partial charge in [-0.1, -0.05) is 46.2 Å². The van der Waals surface area contributed by atoms with Crippen molar-refractivity contribution in [1.29, 1.82) is 0 Å². The number of phenolic OH excluding ortho intramolecular Hbond substituents is 1. The van der Waals surface area contributed by atoms with Crippen LogP contribution in [-0.4, -0.2) is 247 Å². The van der Waals surface area contributed by atoms with E-state index in [1.165, 1.54) is 52.0 Å². The number of primary amides is 3. The normalized spacial score (nSPS) is 15.4. The molecule has 42 nitrogen and oxygen atoms in total. The van der Waals surface area contributed by atoms with Crippen molar-refractivity contribution in [3.05, 3.63) is 29.8 Å². The number of benzene rings is 1. The molecule has 15 amide bonds. The van der Waals surface area contributed by atoms with Gasteiger partial charge in [0, 0.05) is 32.1 Å². The van der Waals surface area contributed by atoms with Crippen LogP contribution in [0.3, 0.4) is 0 Å². The second-order valence-corrected chi connectivity index (χ2v) is 25.1. The van der Waals surface area contributed by atoms with Crippen molar-refractivity contribution in [3.8, 4) is 5.75 Å². The number of carboxylic acid groups (broad SMARTS) is 3. The zero-order chi connectivity index (χ0) is 80.1. The second kappa shape index (κ2) is 46.8. The summed E-state index contributed by atoms with van der Waals surface area (Å²) in [5.41, 5.74) is 27.6. The number of aromatic hydroxyl groups is 1. The summed E-state index contributed by atoms with van der Waals surface area (Å²) in [6.07, 6.45) is -7.52. The van der Waals surface area contributed by atoms with Gasteiger partial charge in [0.15, 0.2) is 0 Å². The van der Waals surface area contributed by atoms with Crippen LogP contribution in [0.15, 0.2) is 24.3 Å². The molecule has 0 saturated carbocycles. The zero-order valence-electron chi connectivity index (χ0n) is 58.9. The Balaban J connectivity index is 3.60. The third-order valence-electron chi connectivity index (χ3n) is 16.0. The Hall–Kier alpha value is -10.7. The summed E-state index contributed by atoms with van der Waals surface area (Å²) in [6, 6.07) is -17.6. The lowest BCUT2D eigenvalue weighted by atomic mass is 9.97. The van der Waals surface area contributed by atoms with E-state index in [9.17, 15) is 122 Å². The number of unbranched alkanes of at least 4 members (excludes halogenated alkanes) is 1. The number of nitrogens with one attached hydrogen (secondary N) is 12. The van der Waals surface area contributed by atoms with Crippen LogP contribution in [0.2, 0.25) is 0 Å². The van der Waals surface area contributed by atoms with Gasteiger partial charge in [-0.2, -0.15) is 0 Å². The number of carbonyl (C=O) groups is 18. The minimum Gasteiger partial charge on any atom is -0.508 e. The van der Waals surface area contributed by atoms with Crippen LogP contribution in [0.5, 0.6) is 5.75 Å². The molecular weight excluding hydrogens is 1390 g/mol. The highest BCUT2D eigenvalue weighted by atomic mass is 16.4. The first-order valence-corrected chi connectivity index (χ1v) is 33.4. The third-order valence-corrected chi connectivity index (χ3v) is 16.0. The molecule has 1 unspecified atom stereocenters. The van der Waals surface area contributed by atoms with Crippen LogP contribution in [0.1, 0.15) is 131 Å². The van der Waals surface area contributed by atoms with Crippen molar-refractivity contribution < 1.29 is 122 Å². The molecule has 0 saturated heterocycles. The Morgan fingerprint density at radius 3 is 1.19 bits per heavy atom. The number of phenols is 1. The van der Waals surface area contributed by atoms with Crippen LogP contribution in [0.4, 0.5) is 0 Å². The molecule has 0 fully saturated rings. The molecule has 0 aliphatic rings. The average Bonchev–Trinajstić information content (AvgIpc) is 0.854. The average molecular weight is 1500 g/mol. The number of aliphatic hydroxyl groups is 3. The molecule has 588 valence electrons. The number of carbonyl (C=O) groups excluding carboxylic acids is 15. The lowest BCUT2D eigenvalue weighted by Gasteiger charge is -2.29. The largest absolute Gasteiger partial charge is 0.508 e. The van der Waals surface area contributed by atoms with Crippen molar-refractivity contribution in [1.82, 2.24) is 63.8 Å². The van der Waals surface area contributed by atoms with Gasteiger partial charge in [-0.15, -0.1) is 0 Å². The Labute approximate surface area is 602 Å². The minimum atomic E-state index is -2.00. The molecule has 15 atom stereocenters. The third kappa shape index (κ3) is 34.4. The molecule has 0 radical (unpaired) electrons. The van der Waals surface area contributed by atoms with Crippen molar-refractivity contribution in [3.63, 3.8) is 0 Å². The first kappa shape index (κ1) is 92.3. The monoisotopic (exact) mass is 1500 g/mol. The van der Waals surface area contributed by atoms with Gasteiger partial charge in [0.25, 0.3) is 0 Å². The lowest BCUT2D eigenvalue weighted by molar-refractivity contribution is -0.143. The van der Waals surface area contributed by atoms with E-state index in [0.29, 0.717) is 12.8 Å². The van der Waals surface area contributed by atoms with Crippen LogP contribution in [-0.2, 0) is 92.7 Å². The fourth-order valence-corrected chi connectivity index (χ4v) is 9.60. The predicted molar refractivity (Wildman–Crippen MR) is 364 cm³/mol. The van der Waals surface area contributed by atoms with Gasteiger partial charge in [0.05, 0.1) is 25.7 Å². The Bertz CT molecular complexity index is 3210. The zero-order valence-corrected chi connectivity index (χ0v) is 58.9. The summed E-state index contributed by atoms with van der Waals surface area (Å²) in [5.74, 6) is -24.0. The maximum atomic E-state index is 14.2. The number of hydrogen-bond acceptors (Lipinski definition) is 24. The fourth-order valence-electron chi connectivity index (χ4n) is 9.60. The lowest BCUT2D eigenvalue weighted by Crippen LogP contribution is -2.62. The molecule has 0 aliphatic heterocycles. The van der Waals surface area contributed by atoms with E-state index in [0.717, 1.165) is 6.92 Å². The maximum Gasteiger partial charge on any atom is 0.326 e.